The predicted molar refractivity (Wildman–Crippen MR) is 62.5 cm³/mol. The van der Waals surface area contributed by atoms with Crippen molar-refractivity contribution >= 4 is 0 Å². The molecular weight excluding hydrogens is 355 g/mol. The fourth-order valence-electron chi connectivity index (χ4n) is 1.72. The summed E-state index contributed by atoms with van der Waals surface area (Å²) in [6, 6.07) is 2.65. The number of pyridine rings is 2. The first-order valence-corrected chi connectivity index (χ1v) is 5.99. The van der Waals surface area contributed by atoms with Crippen LogP contribution in [0.15, 0.2) is 30.3 Å². The van der Waals surface area contributed by atoms with E-state index in [2.05, 4.69) is 9.97 Å². The van der Waals surface area contributed by atoms with Crippen LogP contribution in [-0.4, -0.2) is 9.97 Å². The zero-order chi connectivity index (χ0) is 18.3. The van der Waals surface area contributed by atoms with E-state index in [4.69, 9.17) is 0 Å². The fourth-order valence-corrected chi connectivity index (χ4v) is 1.72. The van der Waals surface area contributed by atoms with Crippen molar-refractivity contribution in [2.24, 2.45) is 0 Å². The topological polar surface area (TPSA) is 25.8 Å². The van der Waals surface area contributed by atoms with Crippen molar-refractivity contribution in [1.82, 2.24) is 9.97 Å². The summed E-state index contributed by atoms with van der Waals surface area (Å²) in [5.41, 5.74) is -6.68. The van der Waals surface area contributed by atoms with Crippen LogP contribution in [0.1, 0.15) is 17.1 Å². The van der Waals surface area contributed by atoms with E-state index >= 15 is 0 Å². The Kier molecular flexibility index (Phi) is 4.23. The van der Waals surface area contributed by atoms with Crippen molar-refractivity contribution in [2.75, 3.05) is 0 Å². The van der Waals surface area contributed by atoms with E-state index in [1.54, 1.807) is 0 Å². The molecule has 2 aromatic heterocycles. The molecule has 0 unspecified atom stereocenters. The first-order chi connectivity index (χ1) is 10.8. The summed E-state index contributed by atoms with van der Waals surface area (Å²) in [5, 5.41) is 0. The van der Waals surface area contributed by atoms with Crippen LogP contribution < -0.4 is 0 Å². The lowest BCUT2D eigenvalue weighted by atomic mass is 10.1. The minimum atomic E-state index is -5.21. The third-order valence-electron chi connectivity index (χ3n) is 2.74. The maximum Gasteiger partial charge on any atom is 0.433 e. The quantitative estimate of drug-likeness (QED) is 0.654. The number of rotatable bonds is 1. The number of aromatic nitrogens is 2. The molecule has 0 bridgehead atoms. The molecule has 0 radical (unpaired) electrons. The summed E-state index contributed by atoms with van der Waals surface area (Å²) in [5.74, 6) is 0. The molecule has 0 amide bonds. The van der Waals surface area contributed by atoms with Gasteiger partial charge in [0.05, 0.1) is 5.69 Å². The first kappa shape index (κ1) is 18.0. The lowest BCUT2D eigenvalue weighted by Gasteiger charge is -2.13. The van der Waals surface area contributed by atoms with E-state index < -0.39 is 46.9 Å². The van der Waals surface area contributed by atoms with Gasteiger partial charge in [-0.1, -0.05) is 6.07 Å². The van der Waals surface area contributed by atoms with Gasteiger partial charge in [0.1, 0.15) is 17.1 Å². The maximum absolute atomic E-state index is 12.7. The van der Waals surface area contributed by atoms with Gasteiger partial charge in [-0.3, -0.25) is 0 Å². The Hall–Kier alpha value is -2.33. The van der Waals surface area contributed by atoms with E-state index in [1.165, 1.54) is 0 Å². The molecule has 11 heteroatoms. The number of hydrogen-bond donors (Lipinski definition) is 0. The van der Waals surface area contributed by atoms with E-state index in [1.807, 2.05) is 0 Å². The Labute approximate surface area is 128 Å². The van der Waals surface area contributed by atoms with Crippen LogP contribution in [0, 0.1) is 0 Å². The van der Waals surface area contributed by atoms with Crippen LogP contribution in [0.4, 0.5) is 39.5 Å². The second kappa shape index (κ2) is 5.64. The van der Waals surface area contributed by atoms with E-state index in [0.29, 0.717) is 6.07 Å². The predicted octanol–water partition coefficient (Wildman–Crippen LogP) is 5.20. The van der Waals surface area contributed by atoms with Gasteiger partial charge < -0.3 is 0 Å². The van der Waals surface area contributed by atoms with Crippen molar-refractivity contribution in [3.05, 3.63) is 47.4 Å². The molecule has 130 valence electrons. The SMILES string of the molecule is FC(F)(F)c1cccc(-c2cc(C(F)(F)F)nc(C(F)(F)F)c2)n1. The molecule has 2 aromatic rings. The minimum absolute atomic E-state index is 0.206. The standard InChI is InChI=1S/C13H5F9N2/c14-11(15,16)8-3-1-2-7(23-8)6-4-9(12(17,18)19)24-10(5-6)13(20,21)22/h1-5H. The van der Waals surface area contributed by atoms with Crippen molar-refractivity contribution < 1.29 is 39.5 Å². The Morgan fingerprint density at radius 2 is 1.04 bits per heavy atom. The molecule has 0 aliphatic carbocycles. The van der Waals surface area contributed by atoms with Gasteiger partial charge in [-0.2, -0.15) is 39.5 Å². The van der Waals surface area contributed by atoms with E-state index in [9.17, 15) is 39.5 Å². The largest absolute Gasteiger partial charge is 0.433 e. The molecule has 0 spiro atoms. The second-order valence-corrected chi connectivity index (χ2v) is 4.53. The van der Waals surface area contributed by atoms with Crippen molar-refractivity contribution in [3.8, 4) is 11.3 Å². The number of nitrogens with zero attached hydrogens (tertiary/aromatic N) is 2. The van der Waals surface area contributed by atoms with Crippen molar-refractivity contribution in [2.45, 2.75) is 18.5 Å². The summed E-state index contributed by atoms with van der Waals surface area (Å²) >= 11 is 0. The van der Waals surface area contributed by atoms with Gasteiger partial charge in [-0.15, -0.1) is 0 Å². The highest BCUT2D eigenvalue weighted by Gasteiger charge is 2.39. The zero-order valence-electron chi connectivity index (χ0n) is 11.2. The molecule has 24 heavy (non-hydrogen) atoms. The second-order valence-electron chi connectivity index (χ2n) is 4.53. The molecule has 0 saturated heterocycles. The average molecular weight is 360 g/mol. The van der Waals surface area contributed by atoms with Crippen LogP contribution in [0.2, 0.25) is 0 Å². The third kappa shape index (κ3) is 3.95. The Bertz CT molecular complexity index is 712. The smallest absolute Gasteiger partial charge is 0.243 e. The number of alkyl halides is 9. The highest BCUT2D eigenvalue weighted by Crippen LogP contribution is 2.36. The van der Waals surface area contributed by atoms with Gasteiger partial charge in [0.25, 0.3) is 0 Å². The zero-order valence-corrected chi connectivity index (χ0v) is 11.2. The molecule has 2 heterocycles. The minimum Gasteiger partial charge on any atom is -0.243 e. The molecule has 0 aliphatic rings. The van der Waals surface area contributed by atoms with Gasteiger partial charge in [0, 0.05) is 5.56 Å². The first-order valence-electron chi connectivity index (χ1n) is 5.99. The summed E-state index contributed by atoms with van der Waals surface area (Å²) in [6.45, 7) is 0. The number of hydrogen-bond acceptors (Lipinski definition) is 2. The highest BCUT2D eigenvalue weighted by atomic mass is 19.4. The average Bonchev–Trinajstić information content (AvgIpc) is 2.44. The highest BCUT2D eigenvalue weighted by molar-refractivity contribution is 5.60. The summed E-state index contributed by atoms with van der Waals surface area (Å²) < 4.78 is 114. The van der Waals surface area contributed by atoms with Gasteiger partial charge in [-0.05, 0) is 24.3 Å². The Morgan fingerprint density at radius 1 is 0.583 bits per heavy atom. The molecular formula is C13H5F9N2. The van der Waals surface area contributed by atoms with Crippen molar-refractivity contribution in [1.29, 1.82) is 0 Å². The normalized spacial score (nSPS) is 13.2. The fraction of sp³-hybridized carbons (Fsp3) is 0.231. The van der Waals surface area contributed by atoms with Crippen LogP contribution >= 0.6 is 0 Å². The van der Waals surface area contributed by atoms with Crippen LogP contribution in [0.5, 0.6) is 0 Å². The molecule has 2 nitrogen and oxygen atoms in total. The lowest BCUT2D eigenvalue weighted by molar-refractivity contribution is -0.150. The lowest BCUT2D eigenvalue weighted by Crippen LogP contribution is -2.15. The molecule has 0 N–H and O–H groups in total. The molecule has 2 rings (SSSR count). The molecule has 0 saturated carbocycles. The van der Waals surface area contributed by atoms with E-state index in [-0.39, 0.29) is 12.1 Å². The number of halogens is 9. The molecule has 0 aliphatic heterocycles. The van der Waals surface area contributed by atoms with Crippen LogP contribution in [0.25, 0.3) is 11.3 Å². The van der Waals surface area contributed by atoms with E-state index in [0.717, 1.165) is 12.1 Å². The van der Waals surface area contributed by atoms with Crippen LogP contribution in [-0.2, 0) is 18.5 Å². The maximum atomic E-state index is 12.7. The van der Waals surface area contributed by atoms with Gasteiger partial charge in [-0.25, -0.2) is 9.97 Å². The third-order valence-corrected chi connectivity index (χ3v) is 2.74. The summed E-state index contributed by atoms with van der Waals surface area (Å²) in [4.78, 5) is 5.55. The monoisotopic (exact) mass is 360 g/mol. The molecule has 0 aromatic carbocycles. The Balaban J connectivity index is 2.66. The molecule has 0 fully saturated rings. The Morgan fingerprint density at radius 3 is 1.46 bits per heavy atom. The van der Waals surface area contributed by atoms with Crippen LogP contribution in [0.3, 0.4) is 0 Å². The summed E-state index contributed by atoms with van der Waals surface area (Å²) in [6.07, 6.45) is -15.3. The summed E-state index contributed by atoms with van der Waals surface area (Å²) in [7, 11) is 0. The van der Waals surface area contributed by atoms with Gasteiger partial charge in [0.15, 0.2) is 0 Å². The van der Waals surface area contributed by atoms with Gasteiger partial charge >= 0.3 is 18.5 Å². The van der Waals surface area contributed by atoms with Gasteiger partial charge in [0.2, 0.25) is 0 Å². The van der Waals surface area contributed by atoms with Crippen molar-refractivity contribution in [3.63, 3.8) is 0 Å². The molecule has 0 atom stereocenters.